The molecule has 0 N–H and O–H groups in total. The van der Waals surface area contributed by atoms with Gasteiger partial charge >= 0.3 is 5.97 Å². The first-order chi connectivity index (χ1) is 8.24. The lowest BCUT2D eigenvalue weighted by Crippen LogP contribution is -2.03. The molecular weight excluding hydrogens is 218 g/mol. The van der Waals surface area contributed by atoms with Crippen molar-refractivity contribution in [3.63, 3.8) is 0 Å². The Labute approximate surface area is 99.8 Å². The lowest BCUT2D eigenvalue weighted by atomic mass is 10.0. The molecule has 0 spiro atoms. The van der Waals surface area contributed by atoms with Crippen LogP contribution in [-0.2, 0) is 9.53 Å². The average molecular weight is 231 g/mol. The first-order valence-electron chi connectivity index (χ1n) is 5.57. The van der Waals surface area contributed by atoms with Crippen molar-refractivity contribution < 1.29 is 14.3 Å². The minimum absolute atomic E-state index is 0.303. The van der Waals surface area contributed by atoms with Gasteiger partial charge in [-0.05, 0) is 24.6 Å². The van der Waals surface area contributed by atoms with Gasteiger partial charge in [0.15, 0.2) is 0 Å². The number of hydrogen-bond donors (Lipinski definition) is 0. The third-order valence-electron chi connectivity index (χ3n) is 2.71. The number of esters is 1. The second-order valence-corrected chi connectivity index (χ2v) is 3.84. The van der Waals surface area contributed by atoms with Crippen molar-refractivity contribution in [3.8, 4) is 11.8 Å². The van der Waals surface area contributed by atoms with Gasteiger partial charge in [-0.15, -0.1) is 0 Å². The molecule has 17 heavy (non-hydrogen) atoms. The summed E-state index contributed by atoms with van der Waals surface area (Å²) in [5.74, 6) is -0.268. The summed E-state index contributed by atoms with van der Waals surface area (Å²) in [6.07, 6.45) is 0.131. The molecule has 1 aromatic carbocycles. The van der Waals surface area contributed by atoms with Gasteiger partial charge in [0.2, 0.25) is 0 Å². The molecule has 88 valence electrons. The molecule has 4 nitrogen and oxygen atoms in total. The van der Waals surface area contributed by atoms with Crippen LogP contribution in [0.3, 0.4) is 0 Å². The van der Waals surface area contributed by atoms with E-state index < -0.39 is 11.9 Å². The second kappa shape index (κ2) is 4.88. The molecule has 0 saturated carbocycles. The van der Waals surface area contributed by atoms with E-state index >= 15 is 0 Å². The summed E-state index contributed by atoms with van der Waals surface area (Å²) in [6, 6.07) is 9.35. The Balaban J connectivity index is 2.09. The maximum Gasteiger partial charge on any atom is 0.324 e. The third kappa shape index (κ3) is 2.39. The van der Waals surface area contributed by atoms with E-state index in [4.69, 9.17) is 14.7 Å². The number of carbonyl (C=O) groups is 1. The first-order valence-corrected chi connectivity index (χ1v) is 5.57. The van der Waals surface area contributed by atoms with E-state index in [1.165, 1.54) is 0 Å². The van der Waals surface area contributed by atoms with E-state index in [0.717, 1.165) is 11.3 Å². The van der Waals surface area contributed by atoms with E-state index in [1.54, 1.807) is 0 Å². The number of cyclic esters (lactones) is 1. The molecule has 0 bridgehead atoms. The molecule has 1 aliphatic rings. The molecule has 0 aliphatic carbocycles. The summed E-state index contributed by atoms with van der Waals surface area (Å²) in [7, 11) is 0. The normalized spacial score (nSPS) is 22.9. The summed E-state index contributed by atoms with van der Waals surface area (Å²) in [5, 5.41) is 8.74. The Morgan fingerprint density at radius 2 is 2.18 bits per heavy atom. The van der Waals surface area contributed by atoms with Gasteiger partial charge < -0.3 is 9.47 Å². The number of nitriles is 1. The largest absolute Gasteiger partial charge is 0.494 e. The number of nitrogens with zero attached hydrogens (tertiary/aromatic N) is 1. The van der Waals surface area contributed by atoms with E-state index in [2.05, 4.69) is 0 Å². The number of hydrogen-bond acceptors (Lipinski definition) is 4. The van der Waals surface area contributed by atoms with Crippen molar-refractivity contribution in [1.82, 2.24) is 0 Å². The molecule has 4 heteroatoms. The Kier molecular flexibility index (Phi) is 3.29. The number of benzene rings is 1. The SMILES string of the molecule is CCOc1ccc(C2CC(C#N)C(=O)O2)cc1. The van der Waals surface area contributed by atoms with Crippen LogP contribution in [0.5, 0.6) is 5.75 Å². The van der Waals surface area contributed by atoms with Gasteiger partial charge in [0.1, 0.15) is 17.8 Å². The number of carbonyl (C=O) groups excluding carboxylic acids is 1. The molecule has 1 fully saturated rings. The molecule has 2 rings (SSSR count). The fourth-order valence-corrected chi connectivity index (χ4v) is 1.84. The van der Waals surface area contributed by atoms with Crippen LogP contribution < -0.4 is 4.74 Å². The van der Waals surface area contributed by atoms with Crippen molar-refractivity contribution in [2.45, 2.75) is 19.4 Å². The molecule has 2 unspecified atom stereocenters. The van der Waals surface area contributed by atoms with Crippen molar-refractivity contribution in [2.24, 2.45) is 5.92 Å². The molecule has 0 aromatic heterocycles. The van der Waals surface area contributed by atoms with Crippen LogP contribution in [0.4, 0.5) is 0 Å². The standard InChI is InChI=1S/C13H13NO3/c1-2-16-11-5-3-9(4-6-11)12-7-10(8-14)13(15)17-12/h3-6,10,12H,2,7H2,1H3. The lowest BCUT2D eigenvalue weighted by molar-refractivity contribution is -0.143. The van der Waals surface area contributed by atoms with Gasteiger partial charge in [-0.25, -0.2) is 0 Å². The molecule has 1 heterocycles. The molecule has 0 amide bonds. The lowest BCUT2D eigenvalue weighted by Gasteiger charge is -2.10. The van der Waals surface area contributed by atoms with Gasteiger partial charge in [0.25, 0.3) is 0 Å². The monoisotopic (exact) mass is 231 g/mol. The zero-order chi connectivity index (χ0) is 12.3. The van der Waals surface area contributed by atoms with E-state index in [9.17, 15) is 4.79 Å². The number of ether oxygens (including phenoxy) is 2. The highest BCUT2D eigenvalue weighted by Crippen LogP contribution is 2.33. The molecule has 0 radical (unpaired) electrons. The summed E-state index contributed by atoms with van der Waals surface area (Å²) in [5.41, 5.74) is 0.902. The highest BCUT2D eigenvalue weighted by Gasteiger charge is 2.35. The summed E-state index contributed by atoms with van der Waals surface area (Å²) >= 11 is 0. The van der Waals surface area contributed by atoms with Crippen LogP contribution >= 0.6 is 0 Å². The van der Waals surface area contributed by atoms with Crippen molar-refractivity contribution in [1.29, 1.82) is 5.26 Å². The quantitative estimate of drug-likeness (QED) is 0.748. The summed E-state index contributed by atoms with van der Waals surface area (Å²) in [4.78, 5) is 11.3. The highest BCUT2D eigenvalue weighted by atomic mass is 16.6. The maximum absolute atomic E-state index is 11.3. The Bertz CT molecular complexity index is 447. The number of rotatable bonds is 3. The van der Waals surface area contributed by atoms with E-state index in [1.807, 2.05) is 37.3 Å². The van der Waals surface area contributed by atoms with Crippen LogP contribution in [0.15, 0.2) is 24.3 Å². The Morgan fingerprint density at radius 1 is 1.47 bits per heavy atom. The smallest absolute Gasteiger partial charge is 0.324 e. The Hall–Kier alpha value is -2.02. The van der Waals surface area contributed by atoms with E-state index in [-0.39, 0.29) is 6.10 Å². The topological polar surface area (TPSA) is 59.3 Å². The minimum atomic E-state index is -0.633. The highest BCUT2D eigenvalue weighted by molar-refractivity contribution is 5.77. The average Bonchev–Trinajstić information content (AvgIpc) is 2.72. The molecular formula is C13H13NO3. The van der Waals surface area contributed by atoms with Gasteiger partial charge in [-0.2, -0.15) is 5.26 Å². The minimum Gasteiger partial charge on any atom is -0.494 e. The van der Waals surface area contributed by atoms with Gasteiger partial charge in [-0.3, -0.25) is 4.79 Å². The van der Waals surface area contributed by atoms with Gasteiger partial charge in [0.05, 0.1) is 12.7 Å². The predicted molar refractivity (Wildman–Crippen MR) is 60.2 cm³/mol. The van der Waals surface area contributed by atoms with Crippen LogP contribution in [0, 0.1) is 17.2 Å². The zero-order valence-electron chi connectivity index (χ0n) is 9.55. The Morgan fingerprint density at radius 3 is 2.71 bits per heavy atom. The molecule has 2 atom stereocenters. The van der Waals surface area contributed by atoms with Crippen molar-refractivity contribution in [2.75, 3.05) is 6.61 Å². The van der Waals surface area contributed by atoms with Crippen LogP contribution in [0.25, 0.3) is 0 Å². The van der Waals surface area contributed by atoms with Crippen LogP contribution in [-0.4, -0.2) is 12.6 Å². The van der Waals surface area contributed by atoms with Crippen LogP contribution in [0.1, 0.15) is 25.0 Å². The summed E-state index contributed by atoms with van der Waals surface area (Å²) < 4.78 is 10.5. The predicted octanol–water partition coefficient (Wildman–Crippen LogP) is 2.21. The van der Waals surface area contributed by atoms with Gasteiger partial charge in [0, 0.05) is 6.42 Å². The van der Waals surface area contributed by atoms with E-state index in [0.29, 0.717) is 13.0 Å². The summed E-state index contributed by atoms with van der Waals surface area (Å²) in [6.45, 7) is 2.54. The molecule has 1 aromatic rings. The fourth-order valence-electron chi connectivity index (χ4n) is 1.84. The zero-order valence-corrected chi connectivity index (χ0v) is 9.55. The maximum atomic E-state index is 11.3. The second-order valence-electron chi connectivity index (χ2n) is 3.84. The van der Waals surface area contributed by atoms with Crippen molar-refractivity contribution in [3.05, 3.63) is 29.8 Å². The molecule has 1 saturated heterocycles. The molecule has 1 aliphatic heterocycles. The van der Waals surface area contributed by atoms with Crippen molar-refractivity contribution >= 4 is 5.97 Å². The van der Waals surface area contributed by atoms with Gasteiger partial charge in [-0.1, -0.05) is 12.1 Å². The van der Waals surface area contributed by atoms with Crippen LogP contribution in [0.2, 0.25) is 0 Å². The fraction of sp³-hybridized carbons (Fsp3) is 0.385. The first kappa shape index (κ1) is 11.5. The third-order valence-corrected chi connectivity index (χ3v) is 2.71.